The summed E-state index contributed by atoms with van der Waals surface area (Å²) in [4.78, 5) is 13.1. The molecule has 0 unspecified atom stereocenters. The molecular formula is C8H7ClF2N2O2. The molecule has 82 valence electrons. The Morgan fingerprint density at radius 1 is 1.67 bits per heavy atom. The Morgan fingerprint density at radius 2 is 2.27 bits per heavy atom. The minimum Gasteiger partial charge on any atom is -0.258 e. The van der Waals surface area contributed by atoms with Gasteiger partial charge in [0.05, 0.1) is 4.92 Å². The van der Waals surface area contributed by atoms with Crippen molar-refractivity contribution in [2.45, 2.75) is 19.2 Å². The van der Waals surface area contributed by atoms with Crippen LogP contribution in [0.2, 0.25) is 0 Å². The van der Waals surface area contributed by atoms with E-state index in [0.717, 1.165) is 6.07 Å². The van der Waals surface area contributed by atoms with Crippen molar-refractivity contribution in [3.05, 3.63) is 33.1 Å². The second kappa shape index (κ2) is 4.48. The number of aryl methyl sites for hydroxylation is 1. The standard InChI is InChI=1S/C8H7ClF2N2O2/c1-4-5(3-9)2-6(13(14)15)7(12-4)8(10)11/h2,8H,3H2,1H3. The first-order valence-corrected chi connectivity index (χ1v) is 4.49. The van der Waals surface area contributed by atoms with Gasteiger partial charge in [-0.05, 0) is 12.5 Å². The molecule has 0 saturated heterocycles. The van der Waals surface area contributed by atoms with E-state index < -0.39 is 22.7 Å². The first kappa shape index (κ1) is 11.8. The van der Waals surface area contributed by atoms with Crippen LogP contribution >= 0.6 is 11.6 Å². The average Bonchev–Trinajstić information content (AvgIpc) is 2.16. The van der Waals surface area contributed by atoms with Gasteiger partial charge in [-0.2, -0.15) is 0 Å². The summed E-state index contributed by atoms with van der Waals surface area (Å²) < 4.78 is 24.8. The van der Waals surface area contributed by atoms with E-state index in [0.29, 0.717) is 5.56 Å². The summed E-state index contributed by atoms with van der Waals surface area (Å²) in [7, 11) is 0. The Balaban J connectivity index is 3.39. The summed E-state index contributed by atoms with van der Waals surface area (Å²) in [5, 5.41) is 10.5. The molecule has 7 heteroatoms. The lowest BCUT2D eigenvalue weighted by atomic mass is 10.2. The Bertz CT molecular complexity index is 398. The fourth-order valence-corrected chi connectivity index (χ4v) is 1.37. The second-order valence-corrected chi connectivity index (χ2v) is 3.10. The van der Waals surface area contributed by atoms with Crippen molar-refractivity contribution in [1.29, 1.82) is 0 Å². The number of nitrogens with zero attached hydrogens (tertiary/aromatic N) is 2. The predicted octanol–water partition coefficient (Wildman–Crippen LogP) is 2.97. The van der Waals surface area contributed by atoms with Gasteiger partial charge in [0.1, 0.15) is 0 Å². The molecule has 0 bridgehead atoms. The summed E-state index contributed by atoms with van der Waals surface area (Å²) >= 11 is 5.49. The molecule has 0 aliphatic rings. The van der Waals surface area contributed by atoms with Gasteiger partial charge in [0.15, 0.2) is 5.69 Å². The monoisotopic (exact) mass is 236 g/mol. The lowest BCUT2D eigenvalue weighted by Gasteiger charge is -2.05. The van der Waals surface area contributed by atoms with E-state index in [4.69, 9.17) is 11.6 Å². The van der Waals surface area contributed by atoms with Gasteiger partial charge in [0.2, 0.25) is 0 Å². The first-order chi connectivity index (χ1) is 6.97. The predicted molar refractivity (Wildman–Crippen MR) is 50.1 cm³/mol. The number of alkyl halides is 3. The number of aromatic nitrogens is 1. The summed E-state index contributed by atoms with van der Waals surface area (Å²) in [6.07, 6.45) is -2.96. The van der Waals surface area contributed by atoms with Crippen LogP contribution < -0.4 is 0 Å². The Hall–Kier alpha value is -1.30. The molecule has 1 heterocycles. The van der Waals surface area contributed by atoms with E-state index in [1.165, 1.54) is 6.92 Å². The van der Waals surface area contributed by atoms with Gasteiger partial charge in [-0.15, -0.1) is 11.6 Å². The van der Waals surface area contributed by atoms with Crippen molar-refractivity contribution in [3.8, 4) is 0 Å². The highest BCUT2D eigenvalue weighted by atomic mass is 35.5. The number of hydrogen-bond donors (Lipinski definition) is 0. The van der Waals surface area contributed by atoms with Gasteiger partial charge in [-0.1, -0.05) is 0 Å². The molecule has 0 fully saturated rings. The van der Waals surface area contributed by atoms with Crippen LogP contribution in [0.5, 0.6) is 0 Å². The quantitative estimate of drug-likeness (QED) is 0.461. The maximum atomic E-state index is 12.4. The zero-order valence-corrected chi connectivity index (χ0v) is 8.46. The summed E-state index contributed by atoms with van der Waals surface area (Å²) in [6.45, 7) is 1.48. The summed E-state index contributed by atoms with van der Waals surface area (Å²) in [5.41, 5.74) is -0.837. The average molecular weight is 237 g/mol. The molecular weight excluding hydrogens is 230 g/mol. The van der Waals surface area contributed by atoms with E-state index in [2.05, 4.69) is 4.98 Å². The highest BCUT2D eigenvalue weighted by molar-refractivity contribution is 6.17. The SMILES string of the molecule is Cc1nc(C(F)F)c([N+](=O)[O-])cc1CCl. The Kier molecular flexibility index (Phi) is 3.52. The third-order valence-corrected chi connectivity index (χ3v) is 2.16. The van der Waals surface area contributed by atoms with Crippen LogP contribution in [0.1, 0.15) is 23.4 Å². The number of rotatable bonds is 3. The van der Waals surface area contributed by atoms with Crippen LogP contribution in [0.25, 0.3) is 0 Å². The van der Waals surface area contributed by atoms with Crippen LogP contribution in [0, 0.1) is 17.0 Å². The number of pyridine rings is 1. The highest BCUT2D eigenvalue weighted by Gasteiger charge is 2.24. The minimum atomic E-state index is -2.96. The van der Waals surface area contributed by atoms with Crippen LogP contribution in [-0.4, -0.2) is 9.91 Å². The number of halogens is 3. The Morgan fingerprint density at radius 3 is 2.67 bits per heavy atom. The van der Waals surface area contributed by atoms with Gasteiger partial charge in [0, 0.05) is 17.6 Å². The van der Waals surface area contributed by atoms with E-state index in [1.807, 2.05) is 0 Å². The van der Waals surface area contributed by atoms with Crippen LogP contribution in [0.4, 0.5) is 14.5 Å². The molecule has 0 amide bonds. The molecule has 0 aliphatic heterocycles. The van der Waals surface area contributed by atoms with E-state index in [-0.39, 0.29) is 11.6 Å². The topological polar surface area (TPSA) is 56.0 Å². The van der Waals surface area contributed by atoms with Gasteiger partial charge in [-0.25, -0.2) is 13.8 Å². The highest BCUT2D eigenvalue weighted by Crippen LogP contribution is 2.29. The first-order valence-electron chi connectivity index (χ1n) is 3.96. The largest absolute Gasteiger partial charge is 0.296 e. The zero-order chi connectivity index (χ0) is 11.6. The normalized spacial score (nSPS) is 10.7. The molecule has 1 rings (SSSR count). The third-order valence-electron chi connectivity index (χ3n) is 1.87. The molecule has 1 aromatic rings. The third kappa shape index (κ3) is 2.38. The van der Waals surface area contributed by atoms with Crippen molar-refractivity contribution in [2.75, 3.05) is 0 Å². The maximum absolute atomic E-state index is 12.4. The van der Waals surface area contributed by atoms with E-state index in [9.17, 15) is 18.9 Å². The van der Waals surface area contributed by atoms with Crippen LogP contribution in [-0.2, 0) is 5.88 Å². The van der Waals surface area contributed by atoms with Gasteiger partial charge >= 0.3 is 0 Å². The molecule has 0 atom stereocenters. The lowest BCUT2D eigenvalue weighted by molar-refractivity contribution is -0.386. The molecule has 0 aromatic carbocycles. The van der Waals surface area contributed by atoms with Gasteiger partial charge < -0.3 is 0 Å². The van der Waals surface area contributed by atoms with Crippen molar-refractivity contribution in [2.24, 2.45) is 0 Å². The molecule has 0 N–H and O–H groups in total. The summed E-state index contributed by atoms with van der Waals surface area (Å²) in [5.74, 6) is 0.00317. The molecule has 1 aromatic heterocycles. The molecule has 0 radical (unpaired) electrons. The second-order valence-electron chi connectivity index (χ2n) is 2.83. The van der Waals surface area contributed by atoms with Gasteiger partial charge in [-0.3, -0.25) is 10.1 Å². The molecule has 0 spiro atoms. The minimum absolute atomic E-state index is 0.00317. The number of hydrogen-bond acceptors (Lipinski definition) is 3. The smallest absolute Gasteiger partial charge is 0.258 e. The fourth-order valence-electron chi connectivity index (χ4n) is 1.10. The van der Waals surface area contributed by atoms with Crippen molar-refractivity contribution < 1.29 is 13.7 Å². The molecule has 15 heavy (non-hydrogen) atoms. The number of nitro groups is 1. The van der Waals surface area contributed by atoms with Crippen molar-refractivity contribution in [3.63, 3.8) is 0 Å². The summed E-state index contributed by atoms with van der Waals surface area (Å²) in [6, 6.07) is 1.04. The van der Waals surface area contributed by atoms with E-state index in [1.54, 1.807) is 0 Å². The molecule has 4 nitrogen and oxygen atoms in total. The maximum Gasteiger partial charge on any atom is 0.296 e. The van der Waals surface area contributed by atoms with Crippen molar-refractivity contribution in [1.82, 2.24) is 4.98 Å². The molecule has 0 saturated carbocycles. The van der Waals surface area contributed by atoms with Crippen LogP contribution in [0.15, 0.2) is 6.07 Å². The van der Waals surface area contributed by atoms with Crippen molar-refractivity contribution >= 4 is 17.3 Å². The zero-order valence-electron chi connectivity index (χ0n) is 7.71. The Labute approximate surface area is 89.0 Å². The lowest BCUT2D eigenvalue weighted by Crippen LogP contribution is -2.03. The van der Waals surface area contributed by atoms with E-state index >= 15 is 0 Å². The fraction of sp³-hybridized carbons (Fsp3) is 0.375. The van der Waals surface area contributed by atoms with Crippen LogP contribution in [0.3, 0.4) is 0 Å². The van der Waals surface area contributed by atoms with Gasteiger partial charge in [0.25, 0.3) is 12.1 Å². The molecule has 0 aliphatic carbocycles.